The summed E-state index contributed by atoms with van der Waals surface area (Å²) >= 11 is 12.0. The van der Waals surface area contributed by atoms with Crippen LogP contribution in [0, 0.1) is 13.8 Å². The molecule has 5 heteroatoms. The van der Waals surface area contributed by atoms with Crippen LogP contribution in [0.1, 0.15) is 11.3 Å². The second kappa shape index (κ2) is 4.36. The lowest BCUT2D eigenvalue weighted by Gasteiger charge is -2.06. The van der Waals surface area contributed by atoms with Gasteiger partial charge in [-0.1, -0.05) is 23.2 Å². The summed E-state index contributed by atoms with van der Waals surface area (Å²) < 4.78 is 0. The van der Waals surface area contributed by atoms with Gasteiger partial charge in [-0.15, -0.1) is 0 Å². The van der Waals surface area contributed by atoms with Gasteiger partial charge in [-0.25, -0.2) is 9.97 Å². The van der Waals surface area contributed by atoms with Crippen LogP contribution in [-0.4, -0.2) is 15.0 Å². The molecule has 2 aromatic rings. The molecule has 2 heterocycles. The standard InChI is InChI=1S/C11H9Cl2N3/c1-6-7(2)15-11(16-10(6)13)9-8(12)4-3-5-14-9/h3-5H,1-2H3. The Morgan fingerprint density at radius 3 is 2.50 bits per heavy atom. The van der Waals surface area contributed by atoms with Crippen molar-refractivity contribution in [3.63, 3.8) is 0 Å². The number of rotatable bonds is 1. The summed E-state index contributed by atoms with van der Waals surface area (Å²) in [6.07, 6.45) is 1.65. The molecule has 0 aliphatic carbocycles. The van der Waals surface area contributed by atoms with E-state index < -0.39 is 0 Å². The third kappa shape index (κ3) is 2.01. The average molecular weight is 254 g/mol. The number of aromatic nitrogens is 3. The van der Waals surface area contributed by atoms with E-state index in [4.69, 9.17) is 23.2 Å². The smallest absolute Gasteiger partial charge is 0.181 e. The number of hydrogen-bond donors (Lipinski definition) is 0. The molecular formula is C11H9Cl2N3. The van der Waals surface area contributed by atoms with Crippen molar-refractivity contribution in [3.05, 3.63) is 39.8 Å². The van der Waals surface area contributed by atoms with Crippen molar-refractivity contribution in [3.8, 4) is 11.5 Å². The molecule has 0 fully saturated rings. The Kier molecular flexibility index (Phi) is 3.08. The van der Waals surface area contributed by atoms with Crippen molar-refractivity contribution in [1.82, 2.24) is 15.0 Å². The van der Waals surface area contributed by atoms with Crippen molar-refractivity contribution in [2.75, 3.05) is 0 Å². The molecule has 0 atom stereocenters. The molecule has 2 aromatic heterocycles. The lowest BCUT2D eigenvalue weighted by atomic mass is 10.2. The summed E-state index contributed by atoms with van der Waals surface area (Å²) in [5.74, 6) is 0.457. The third-order valence-electron chi connectivity index (χ3n) is 2.30. The minimum absolute atomic E-state index is 0.434. The van der Waals surface area contributed by atoms with Gasteiger partial charge in [0.2, 0.25) is 0 Å². The molecule has 2 rings (SSSR count). The molecule has 0 saturated heterocycles. The molecular weight excluding hydrogens is 245 g/mol. The maximum Gasteiger partial charge on any atom is 0.181 e. The summed E-state index contributed by atoms with van der Waals surface area (Å²) in [6.45, 7) is 3.75. The van der Waals surface area contributed by atoms with E-state index in [2.05, 4.69) is 15.0 Å². The topological polar surface area (TPSA) is 38.7 Å². The normalized spacial score (nSPS) is 10.5. The SMILES string of the molecule is Cc1nc(-c2ncccc2Cl)nc(Cl)c1C. The van der Waals surface area contributed by atoms with E-state index in [-0.39, 0.29) is 0 Å². The van der Waals surface area contributed by atoms with Crippen LogP contribution in [0.5, 0.6) is 0 Å². The molecule has 0 aliphatic rings. The van der Waals surface area contributed by atoms with E-state index in [9.17, 15) is 0 Å². The Morgan fingerprint density at radius 1 is 1.12 bits per heavy atom. The zero-order valence-electron chi connectivity index (χ0n) is 8.83. The largest absolute Gasteiger partial charge is 0.251 e. The predicted molar refractivity (Wildman–Crippen MR) is 64.8 cm³/mol. The highest BCUT2D eigenvalue weighted by Crippen LogP contribution is 2.25. The maximum atomic E-state index is 6.02. The summed E-state index contributed by atoms with van der Waals surface area (Å²) in [6, 6.07) is 3.50. The molecule has 0 N–H and O–H groups in total. The maximum absolute atomic E-state index is 6.02. The first-order valence-corrected chi connectivity index (χ1v) is 5.47. The van der Waals surface area contributed by atoms with E-state index in [0.29, 0.717) is 21.7 Å². The summed E-state index contributed by atoms with van der Waals surface area (Å²) in [5, 5.41) is 0.950. The lowest BCUT2D eigenvalue weighted by Crippen LogP contribution is -1.98. The monoisotopic (exact) mass is 253 g/mol. The van der Waals surface area contributed by atoms with Crippen molar-refractivity contribution < 1.29 is 0 Å². The van der Waals surface area contributed by atoms with E-state index in [1.54, 1.807) is 18.3 Å². The molecule has 0 saturated carbocycles. The van der Waals surface area contributed by atoms with Gasteiger partial charge in [0.25, 0.3) is 0 Å². The third-order valence-corrected chi connectivity index (χ3v) is 2.97. The highest BCUT2D eigenvalue weighted by molar-refractivity contribution is 6.33. The summed E-state index contributed by atoms with van der Waals surface area (Å²) in [7, 11) is 0. The molecule has 3 nitrogen and oxygen atoms in total. The molecule has 16 heavy (non-hydrogen) atoms. The Balaban J connectivity index is 2.62. The molecule has 82 valence electrons. The van der Waals surface area contributed by atoms with Gasteiger partial charge in [-0.3, -0.25) is 4.98 Å². The summed E-state index contributed by atoms with van der Waals surface area (Å²) in [5.41, 5.74) is 2.25. The number of nitrogens with zero attached hydrogens (tertiary/aromatic N) is 3. The van der Waals surface area contributed by atoms with E-state index in [1.165, 1.54) is 0 Å². The lowest BCUT2D eigenvalue weighted by molar-refractivity contribution is 1.06. The van der Waals surface area contributed by atoms with E-state index in [0.717, 1.165) is 11.3 Å². The Bertz CT molecular complexity index is 517. The molecule has 0 spiro atoms. The first-order valence-electron chi connectivity index (χ1n) is 4.71. The van der Waals surface area contributed by atoms with Gasteiger partial charge in [0.15, 0.2) is 5.82 Å². The molecule has 0 aliphatic heterocycles. The van der Waals surface area contributed by atoms with Gasteiger partial charge in [0, 0.05) is 17.5 Å². The first-order chi connectivity index (χ1) is 7.59. The number of aryl methyl sites for hydroxylation is 1. The Labute approximate surface area is 103 Å². The van der Waals surface area contributed by atoms with Gasteiger partial charge in [-0.2, -0.15) is 0 Å². The highest BCUT2D eigenvalue weighted by atomic mass is 35.5. The van der Waals surface area contributed by atoms with Crippen molar-refractivity contribution in [2.45, 2.75) is 13.8 Å². The Hall–Kier alpha value is -1.19. The number of hydrogen-bond acceptors (Lipinski definition) is 3. The number of pyridine rings is 1. The zero-order valence-corrected chi connectivity index (χ0v) is 10.3. The molecule has 0 bridgehead atoms. The molecule has 0 aromatic carbocycles. The van der Waals surface area contributed by atoms with Crippen LogP contribution in [0.15, 0.2) is 18.3 Å². The first kappa shape index (κ1) is 11.3. The minimum atomic E-state index is 0.434. The predicted octanol–water partition coefficient (Wildman–Crippen LogP) is 3.46. The fourth-order valence-corrected chi connectivity index (χ4v) is 1.67. The van der Waals surface area contributed by atoms with Gasteiger partial charge in [-0.05, 0) is 26.0 Å². The fourth-order valence-electron chi connectivity index (χ4n) is 1.25. The average Bonchev–Trinajstić information content (AvgIpc) is 2.26. The fraction of sp³-hybridized carbons (Fsp3) is 0.182. The van der Waals surface area contributed by atoms with E-state index in [1.807, 2.05) is 13.8 Å². The zero-order chi connectivity index (χ0) is 11.7. The van der Waals surface area contributed by atoms with Crippen LogP contribution in [0.4, 0.5) is 0 Å². The van der Waals surface area contributed by atoms with Gasteiger partial charge >= 0.3 is 0 Å². The Morgan fingerprint density at radius 2 is 1.88 bits per heavy atom. The van der Waals surface area contributed by atoms with Crippen molar-refractivity contribution in [1.29, 1.82) is 0 Å². The second-order valence-electron chi connectivity index (χ2n) is 3.38. The summed E-state index contributed by atoms with van der Waals surface area (Å²) in [4.78, 5) is 12.6. The van der Waals surface area contributed by atoms with Gasteiger partial charge in [0.1, 0.15) is 10.8 Å². The van der Waals surface area contributed by atoms with Crippen LogP contribution in [0.25, 0.3) is 11.5 Å². The van der Waals surface area contributed by atoms with Crippen LogP contribution in [0.2, 0.25) is 10.2 Å². The second-order valence-corrected chi connectivity index (χ2v) is 4.15. The quantitative estimate of drug-likeness (QED) is 0.731. The minimum Gasteiger partial charge on any atom is -0.251 e. The van der Waals surface area contributed by atoms with Crippen molar-refractivity contribution in [2.24, 2.45) is 0 Å². The molecule has 0 radical (unpaired) electrons. The van der Waals surface area contributed by atoms with Crippen LogP contribution < -0.4 is 0 Å². The van der Waals surface area contributed by atoms with Crippen LogP contribution in [-0.2, 0) is 0 Å². The van der Waals surface area contributed by atoms with Crippen LogP contribution >= 0.6 is 23.2 Å². The molecule has 0 unspecified atom stereocenters. The van der Waals surface area contributed by atoms with Crippen LogP contribution in [0.3, 0.4) is 0 Å². The van der Waals surface area contributed by atoms with Gasteiger partial charge in [0.05, 0.1) is 5.02 Å². The number of halogens is 2. The highest BCUT2D eigenvalue weighted by Gasteiger charge is 2.11. The van der Waals surface area contributed by atoms with Crippen molar-refractivity contribution >= 4 is 23.2 Å². The molecule has 0 amide bonds. The van der Waals surface area contributed by atoms with Gasteiger partial charge < -0.3 is 0 Å². The van der Waals surface area contributed by atoms with E-state index >= 15 is 0 Å².